The van der Waals surface area contributed by atoms with Crippen molar-refractivity contribution >= 4 is 10.0 Å². The molecule has 1 saturated heterocycles. The van der Waals surface area contributed by atoms with Gasteiger partial charge in [-0.1, -0.05) is 6.07 Å². The van der Waals surface area contributed by atoms with Crippen LogP contribution in [-0.2, 0) is 10.0 Å². The van der Waals surface area contributed by atoms with Crippen molar-refractivity contribution in [1.29, 1.82) is 0 Å². The van der Waals surface area contributed by atoms with Crippen LogP contribution >= 0.6 is 0 Å². The van der Waals surface area contributed by atoms with Gasteiger partial charge in [-0.25, -0.2) is 8.42 Å². The quantitative estimate of drug-likeness (QED) is 0.803. The lowest BCUT2D eigenvalue weighted by Gasteiger charge is -2.20. The number of rotatable bonds is 4. The van der Waals surface area contributed by atoms with E-state index in [1.807, 2.05) is 32.0 Å². The van der Waals surface area contributed by atoms with Crippen LogP contribution in [0.4, 0.5) is 0 Å². The molecule has 1 fully saturated rings. The molecule has 2 aliphatic heterocycles. The average Bonchev–Trinajstić information content (AvgIpc) is 3.29. The maximum absolute atomic E-state index is 13.3. The zero-order chi connectivity index (χ0) is 19.2. The third-order valence-electron chi connectivity index (χ3n) is 5.29. The van der Waals surface area contributed by atoms with E-state index >= 15 is 0 Å². The second-order valence-electron chi connectivity index (χ2n) is 7.05. The highest BCUT2D eigenvalue weighted by Crippen LogP contribution is 2.39. The summed E-state index contributed by atoms with van der Waals surface area (Å²) in [4.78, 5) is 0.384. The second kappa shape index (κ2) is 6.73. The first kappa shape index (κ1) is 18.1. The van der Waals surface area contributed by atoms with Gasteiger partial charge in [0.05, 0.1) is 12.0 Å². The fourth-order valence-electron chi connectivity index (χ4n) is 3.95. The van der Waals surface area contributed by atoms with Crippen LogP contribution in [0, 0.1) is 13.8 Å². The summed E-state index contributed by atoms with van der Waals surface area (Å²) in [5.74, 6) is 2.29. The highest BCUT2D eigenvalue weighted by molar-refractivity contribution is 7.89. The molecule has 2 aliphatic rings. The molecule has 0 spiro atoms. The van der Waals surface area contributed by atoms with Crippen molar-refractivity contribution < 1.29 is 22.6 Å². The van der Waals surface area contributed by atoms with Crippen LogP contribution in [0.25, 0.3) is 0 Å². The molecular weight excluding hydrogens is 366 g/mol. The fourth-order valence-corrected chi connectivity index (χ4v) is 5.86. The zero-order valence-corrected chi connectivity index (χ0v) is 16.5. The standard InChI is InChI=1S/C20H23NO5S/c1-13-8-17(24-3)9-14(2)20(13)27(22,23)21-7-6-16(11-21)15-4-5-18-19(10-15)26-12-25-18/h4-5,8-10,16H,6-7,11-12H2,1-3H3. The van der Waals surface area contributed by atoms with E-state index in [0.717, 1.165) is 23.5 Å². The smallest absolute Gasteiger partial charge is 0.243 e. The van der Waals surface area contributed by atoms with Gasteiger partial charge in [0.1, 0.15) is 5.75 Å². The Morgan fingerprint density at radius 2 is 1.78 bits per heavy atom. The van der Waals surface area contributed by atoms with Crippen molar-refractivity contribution in [3.8, 4) is 17.2 Å². The van der Waals surface area contributed by atoms with Crippen LogP contribution in [0.3, 0.4) is 0 Å². The molecule has 0 N–H and O–H groups in total. The minimum atomic E-state index is -3.56. The summed E-state index contributed by atoms with van der Waals surface area (Å²) in [6.45, 7) is 4.83. The van der Waals surface area contributed by atoms with Crippen molar-refractivity contribution in [3.63, 3.8) is 0 Å². The van der Waals surface area contributed by atoms with Gasteiger partial charge >= 0.3 is 0 Å². The molecule has 0 radical (unpaired) electrons. The zero-order valence-electron chi connectivity index (χ0n) is 15.7. The molecule has 0 amide bonds. The molecule has 1 unspecified atom stereocenters. The molecule has 0 bridgehead atoms. The molecule has 4 rings (SSSR count). The van der Waals surface area contributed by atoms with Gasteiger partial charge in [-0.05, 0) is 67.1 Å². The van der Waals surface area contributed by atoms with E-state index < -0.39 is 10.0 Å². The average molecular weight is 389 g/mol. The predicted octanol–water partition coefficient (Wildman–Crippen LogP) is 3.22. The van der Waals surface area contributed by atoms with Gasteiger partial charge in [-0.15, -0.1) is 0 Å². The SMILES string of the molecule is COc1cc(C)c(S(=O)(=O)N2CCC(c3ccc4c(c3)OCO4)C2)c(C)c1. The van der Waals surface area contributed by atoms with Gasteiger partial charge in [0.15, 0.2) is 11.5 Å². The number of nitrogens with zero attached hydrogens (tertiary/aromatic N) is 1. The summed E-state index contributed by atoms with van der Waals surface area (Å²) in [5, 5.41) is 0. The predicted molar refractivity (Wildman–Crippen MR) is 101 cm³/mol. The Balaban J connectivity index is 1.60. The summed E-state index contributed by atoms with van der Waals surface area (Å²) >= 11 is 0. The topological polar surface area (TPSA) is 65.1 Å². The minimum absolute atomic E-state index is 0.146. The molecule has 7 heteroatoms. The number of sulfonamides is 1. The molecule has 2 aromatic rings. The van der Waals surface area contributed by atoms with E-state index in [9.17, 15) is 8.42 Å². The van der Waals surface area contributed by atoms with Crippen LogP contribution in [0.1, 0.15) is 29.0 Å². The molecule has 0 aromatic heterocycles. The lowest BCUT2D eigenvalue weighted by molar-refractivity contribution is 0.174. The van der Waals surface area contributed by atoms with Crippen LogP contribution in [0.5, 0.6) is 17.2 Å². The molecule has 6 nitrogen and oxygen atoms in total. The van der Waals surface area contributed by atoms with E-state index in [2.05, 4.69) is 0 Å². The maximum atomic E-state index is 13.3. The van der Waals surface area contributed by atoms with E-state index in [1.54, 1.807) is 23.5 Å². The van der Waals surface area contributed by atoms with Crippen molar-refractivity contribution in [2.24, 2.45) is 0 Å². The number of methoxy groups -OCH3 is 1. The summed E-state index contributed by atoms with van der Waals surface area (Å²) in [6.07, 6.45) is 0.785. The molecule has 27 heavy (non-hydrogen) atoms. The fraction of sp³-hybridized carbons (Fsp3) is 0.400. The Kier molecular flexibility index (Phi) is 4.52. The highest BCUT2D eigenvalue weighted by Gasteiger charge is 2.35. The monoisotopic (exact) mass is 389 g/mol. The Morgan fingerprint density at radius 1 is 1.07 bits per heavy atom. The van der Waals surface area contributed by atoms with Crippen LogP contribution in [0.2, 0.25) is 0 Å². The Morgan fingerprint density at radius 3 is 2.48 bits per heavy atom. The molecule has 0 saturated carbocycles. The first-order valence-electron chi connectivity index (χ1n) is 8.95. The van der Waals surface area contributed by atoms with Gasteiger partial charge in [-0.2, -0.15) is 4.31 Å². The third kappa shape index (κ3) is 3.15. The van der Waals surface area contributed by atoms with E-state index in [-0.39, 0.29) is 12.7 Å². The largest absolute Gasteiger partial charge is 0.497 e. The van der Waals surface area contributed by atoms with Crippen LogP contribution < -0.4 is 14.2 Å². The maximum Gasteiger partial charge on any atom is 0.243 e. The Bertz CT molecular complexity index is 963. The highest BCUT2D eigenvalue weighted by atomic mass is 32.2. The summed E-state index contributed by atoms with van der Waals surface area (Å²) in [7, 11) is -1.97. The number of hydrogen-bond acceptors (Lipinski definition) is 5. The first-order valence-corrected chi connectivity index (χ1v) is 10.4. The van der Waals surface area contributed by atoms with Gasteiger partial charge in [0, 0.05) is 13.1 Å². The number of aryl methyl sites for hydroxylation is 2. The first-order chi connectivity index (χ1) is 12.9. The Labute approximate surface area is 159 Å². The lowest BCUT2D eigenvalue weighted by atomic mass is 9.98. The van der Waals surface area contributed by atoms with E-state index in [0.29, 0.717) is 34.9 Å². The summed E-state index contributed by atoms with van der Waals surface area (Å²) in [6, 6.07) is 9.40. The van der Waals surface area contributed by atoms with E-state index in [4.69, 9.17) is 14.2 Å². The number of ether oxygens (including phenoxy) is 3. The second-order valence-corrected chi connectivity index (χ2v) is 8.93. The molecule has 1 atom stereocenters. The van der Waals surface area contributed by atoms with Gasteiger partial charge in [-0.3, -0.25) is 0 Å². The number of fused-ring (bicyclic) bond motifs is 1. The van der Waals surface area contributed by atoms with Crippen molar-refractivity contribution in [1.82, 2.24) is 4.31 Å². The van der Waals surface area contributed by atoms with E-state index in [1.165, 1.54) is 0 Å². The van der Waals surface area contributed by atoms with Gasteiger partial charge in [0.25, 0.3) is 0 Å². The molecule has 144 valence electrons. The normalized spacial score (nSPS) is 19.4. The van der Waals surface area contributed by atoms with Gasteiger partial charge in [0.2, 0.25) is 16.8 Å². The molecule has 0 aliphatic carbocycles. The Hall–Kier alpha value is -2.25. The third-order valence-corrected chi connectivity index (χ3v) is 7.46. The van der Waals surface area contributed by atoms with Crippen molar-refractivity contribution in [3.05, 3.63) is 47.0 Å². The molecule has 2 aromatic carbocycles. The number of hydrogen-bond donors (Lipinski definition) is 0. The minimum Gasteiger partial charge on any atom is -0.497 e. The summed E-state index contributed by atoms with van der Waals surface area (Å²) in [5.41, 5.74) is 2.50. The summed E-state index contributed by atoms with van der Waals surface area (Å²) < 4.78 is 44.2. The van der Waals surface area contributed by atoms with Crippen LogP contribution in [-0.4, -0.2) is 39.7 Å². The van der Waals surface area contributed by atoms with Crippen molar-refractivity contribution in [2.45, 2.75) is 31.1 Å². The molecule has 2 heterocycles. The van der Waals surface area contributed by atoms with Gasteiger partial charge < -0.3 is 14.2 Å². The van der Waals surface area contributed by atoms with Crippen LogP contribution in [0.15, 0.2) is 35.2 Å². The number of benzene rings is 2. The molecular formula is C20H23NO5S. The lowest BCUT2D eigenvalue weighted by Crippen LogP contribution is -2.29. The van der Waals surface area contributed by atoms with Crippen molar-refractivity contribution in [2.75, 3.05) is 27.0 Å².